The van der Waals surface area contributed by atoms with Crippen LogP contribution in [0.15, 0.2) is 18.2 Å². The van der Waals surface area contributed by atoms with Crippen LogP contribution in [-0.4, -0.2) is 34.5 Å². The summed E-state index contributed by atoms with van der Waals surface area (Å²) in [6, 6.07) is 3.55. The van der Waals surface area contributed by atoms with Gasteiger partial charge >= 0.3 is 6.09 Å². The van der Waals surface area contributed by atoms with Gasteiger partial charge in [-0.25, -0.2) is 13.6 Å². The van der Waals surface area contributed by atoms with Crippen LogP contribution in [-0.2, 0) is 16.0 Å². The summed E-state index contributed by atoms with van der Waals surface area (Å²) in [7, 11) is 0. The summed E-state index contributed by atoms with van der Waals surface area (Å²) in [6.07, 6.45) is 2.16. The predicted molar refractivity (Wildman–Crippen MR) is 92.7 cm³/mol. The van der Waals surface area contributed by atoms with Crippen molar-refractivity contribution in [1.29, 1.82) is 0 Å². The second-order valence-corrected chi connectivity index (χ2v) is 8.28. The van der Waals surface area contributed by atoms with E-state index in [1.165, 1.54) is 18.2 Å². The fraction of sp³-hybridized carbons (Fsp3) is 0.600. The second-order valence-electron chi connectivity index (χ2n) is 8.28. The molecular formula is C20H25F2NO3. The van der Waals surface area contributed by atoms with Gasteiger partial charge in [-0.05, 0) is 58.6 Å². The van der Waals surface area contributed by atoms with Crippen LogP contribution in [0, 0.1) is 17.6 Å². The molecule has 2 aliphatic rings. The van der Waals surface area contributed by atoms with Gasteiger partial charge in [0.25, 0.3) is 0 Å². The van der Waals surface area contributed by atoms with E-state index >= 15 is 0 Å². The van der Waals surface area contributed by atoms with Crippen LogP contribution < -0.4 is 0 Å². The third-order valence-corrected chi connectivity index (χ3v) is 5.21. The molecule has 1 aromatic carbocycles. The van der Waals surface area contributed by atoms with E-state index in [4.69, 9.17) is 4.74 Å². The van der Waals surface area contributed by atoms with E-state index < -0.39 is 17.2 Å². The van der Waals surface area contributed by atoms with Crippen molar-refractivity contribution < 1.29 is 23.1 Å². The van der Waals surface area contributed by atoms with Gasteiger partial charge in [-0.2, -0.15) is 0 Å². The number of amides is 1. The van der Waals surface area contributed by atoms with Crippen molar-refractivity contribution >= 4 is 11.9 Å². The summed E-state index contributed by atoms with van der Waals surface area (Å²) in [5.74, 6) is -1.81. The maximum Gasteiger partial charge on any atom is 0.410 e. The van der Waals surface area contributed by atoms with Gasteiger partial charge in [0.2, 0.25) is 0 Å². The van der Waals surface area contributed by atoms with Crippen LogP contribution in [0.25, 0.3) is 0 Å². The first-order valence-corrected chi connectivity index (χ1v) is 9.12. The number of benzene rings is 1. The molecule has 0 N–H and O–H groups in total. The minimum Gasteiger partial charge on any atom is -0.444 e. The van der Waals surface area contributed by atoms with E-state index in [1.807, 2.05) is 20.8 Å². The van der Waals surface area contributed by atoms with E-state index in [2.05, 4.69) is 0 Å². The van der Waals surface area contributed by atoms with Crippen molar-refractivity contribution in [1.82, 2.24) is 4.90 Å². The summed E-state index contributed by atoms with van der Waals surface area (Å²) >= 11 is 0. The maximum absolute atomic E-state index is 13.8. The average molecular weight is 365 g/mol. The number of piperidine rings is 1. The quantitative estimate of drug-likeness (QED) is 0.804. The number of rotatable bonds is 3. The zero-order valence-electron chi connectivity index (χ0n) is 15.4. The number of nitrogens with zero attached hydrogens (tertiary/aromatic N) is 1. The van der Waals surface area contributed by atoms with Gasteiger partial charge in [0.05, 0.1) is 0 Å². The first-order chi connectivity index (χ1) is 12.2. The third-order valence-electron chi connectivity index (χ3n) is 5.21. The normalized spacial score (nSPS) is 25.3. The van der Waals surface area contributed by atoms with E-state index in [-0.39, 0.29) is 41.9 Å². The highest BCUT2D eigenvalue weighted by Crippen LogP contribution is 2.40. The maximum atomic E-state index is 13.8. The first kappa shape index (κ1) is 18.8. The van der Waals surface area contributed by atoms with Crippen molar-refractivity contribution in [3.8, 4) is 0 Å². The number of carbonyl (C=O) groups is 2. The molecule has 2 saturated heterocycles. The number of Topliss-reactive ketones (excluding diaryl/α,β-unsaturated/α-hetero) is 1. The SMILES string of the molecule is CC(C)(C)OC(=O)N1C2CCC1CC(C(=O)Cc1c(F)cccc1F)C2. The lowest BCUT2D eigenvalue weighted by Gasteiger charge is -2.39. The molecule has 2 aliphatic heterocycles. The molecule has 6 heteroatoms. The molecule has 26 heavy (non-hydrogen) atoms. The minimum atomic E-state index is -0.687. The molecule has 0 radical (unpaired) electrons. The van der Waals surface area contributed by atoms with Crippen molar-refractivity contribution in [2.45, 2.75) is 70.6 Å². The van der Waals surface area contributed by atoms with Gasteiger partial charge in [0.15, 0.2) is 0 Å². The zero-order chi connectivity index (χ0) is 19.1. The highest BCUT2D eigenvalue weighted by Gasteiger charge is 2.46. The number of fused-ring (bicyclic) bond motifs is 2. The topological polar surface area (TPSA) is 46.6 Å². The standard InChI is InChI=1S/C20H25F2NO3/c1-20(2,3)26-19(25)23-13-7-8-14(23)10-12(9-13)18(24)11-15-16(21)5-4-6-17(15)22/h4-6,12-14H,7-11H2,1-3H3. The largest absolute Gasteiger partial charge is 0.444 e. The molecule has 1 amide bonds. The predicted octanol–water partition coefficient (Wildman–Crippen LogP) is 4.25. The molecule has 0 aromatic heterocycles. The molecule has 1 aromatic rings. The van der Waals surface area contributed by atoms with Gasteiger partial charge in [-0.15, -0.1) is 0 Å². The van der Waals surface area contributed by atoms with Gasteiger partial charge < -0.3 is 9.64 Å². The molecule has 0 spiro atoms. The zero-order valence-corrected chi connectivity index (χ0v) is 15.4. The Kier molecular flexibility index (Phi) is 5.04. The second kappa shape index (κ2) is 6.97. The van der Waals surface area contributed by atoms with E-state index in [0.717, 1.165) is 12.8 Å². The summed E-state index contributed by atoms with van der Waals surface area (Å²) in [4.78, 5) is 26.8. The molecular weight excluding hydrogens is 340 g/mol. The summed E-state index contributed by atoms with van der Waals surface area (Å²) in [5, 5.41) is 0. The van der Waals surface area contributed by atoms with E-state index in [9.17, 15) is 18.4 Å². The van der Waals surface area contributed by atoms with Crippen LogP contribution in [0.2, 0.25) is 0 Å². The van der Waals surface area contributed by atoms with Crippen LogP contribution in [0.3, 0.4) is 0 Å². The molecule has 0 saturated carbocycles. The van der Waals surface area contributed by atoms with Crippen LogP contribution in [0.1, 0.15) is 52.0 Å². The lowest BCUT2D eigenvalue weighted by atomic mass is 9.85. The Labute approximate surface area is 152 Å². The van der Waals surface area contributed by atoms with Gasteiger partial charge in [0, 0.05) is 30.0 Å². The Bertz CT molecular complexity index is 679. The van der Waals surface area contributed by atoms with Gasteiger partial charge in [-0.3, -0.25) is 4.79 Å². The molecule has 2 bridgehead atoms. The fourth-order valence-electron chi connectivity index (χ4n) is 4.07. The van der Waals surface area contributed by atoms with Crippen LogP contribution in [0.5, 0.6) is 0 Å². The summed E-state index contributed by atoms with van der Waals surface area (Å²) in [6.45, 7) is 5.48. The monoisotopic (exact) mass is 365 g/mol. The highest BCUT2D eigenvalue weighted by molar-refractivity contribution is 5.84. The molecule has 2 heterocycles. The van der Waals surface area contributed by atoms with Crippen molar-refractivity contribution in [2.24, 2.45) is 5.92 Å². The van der Waals surface area contributed by atoms with E-state index in [1.54, 1.807) is 4.90 Å². The summed E-state index contributed by atoms with van der Waals surface area (Å²) in [5.41, 5.74) is -0.731. The lowest BCUT2D eigenvalue weighted by molar-refractivity contribution is -0.124. The van der Waals surface area contributed by atoms with Crippen LogP contribution >= 0.6 is 0 Å². The summed E-state index contributed by atoms with van der Waals surface area (Å²) < 4.78 is 33.1. The fourth-order valence-corrected chi connectivity index (χ4v) is 4.07. The Balaban J connectivity index is 1.67. The Morgan fingerprint density at radius 2 is 1.65 bits per heavy atom. The highest BCUT2D eigenvalue weighted by atomic mass is 19.1. The molecule has 2 unspecified atom stereocenters. The number of hydrogen-bond donors (Lipinski definition) is 0. The Morgan fingerprint density at radius 3 is 2.15 bits per heavy atom. The molecule has 3 rings (SSSR count). The number of ether oxygens (including phenoxy) is 1. The molecule has 2 fully saturated rings. The number of ketones is 1. The lowest BCUT2D eigenvalue weighted by Crippen LogP contribution is -2.49. The number of hydrogen-bond acceptors (Lipinski definition) is 3. The van der Waals surface area contributed by atoms with Crippen molar-refractivity contribution in [3.63, 3.8) is 0 Å². The van der Waals surface area contributed by atoms with E-state index in [0.29, 0.717) is 12.8 Å². The van der Waals surface area contributed by atoms with Gasteiger partial charge in [-0.1, -0.05) is 6.07 Å². The van der Waals surface area contributed by atoms with Crippen molar-refractivity contribution in [3.05, 3.63) is 35.4 Å². The Hall–Kier alpha value is -1.98. The van der Waals surface area contributed by atoms with Crippen LogP contribution in [0.4, 0.5) is 13.6 Å². The minimum absolute atomic E-state index is 0.0389. The molecule has 142 valence electrons. The van der Waals surface area contributed by atoms with Crippen molar-refractivity contribution in [2.75, 3.05) is 0 Å². The van der Waals surface area contributed by atoms with Gasteiger partial charge in [0.1, 0.15) is 23.0 Å². The smallest absolute Gasteiger partial charge is 0.410 e. The third kappa shape index (κ3) is 3.89. The Morgan fingerprint density at radius 1 is 1.12 bits per heavy atom. The first-order valence-electron chi connectivity index (χ1n) is 9.12. The number of halogens is 2. The average Bonchev–Trinajstić information content (AvgIpc) is 2.79. The molecule has 2 atom stereocenters. The molecule has 4 nitrogen and oxygen atoms in total. The number of carbonyl (C=O) groups excluding carboxylic acids is 2. The molecule has 0 aliphatic carbocycles.